The number of hydrogen-bond acceptors (Lipinski definition) is 12. The molecule has 3 aliphatic carbocycles. The van der Waals surface area contributed by atoms with Crippen LogP contribution in [0, 0.1) is 0 Å². The van der Waals surface area contributed by atoms with E-state index in [1.165, 1.54) is 9.13 Å². The quantitative estimate of drug-likeness (QED) is 0.106. The molecule has 15 rings (SSSR count). The number of benzene rings is 6. The van der Waals surface area contributed by atoms with Gasteiger partial charge in [0.25, 0.3) is 16.7 Å². The minimum absolute atomic E-state index is 0.0906. The number of rotatable bonds is 9. The van der Waals surface area contributed by atoms with Crippen LogP contribution in [0.1, 0.15) is 129 Å². The van der Waals surface area contributed by atoms with Crippen molar-refractivity contribution in [3.8, 4) is 0 Å². The number of carbonyl (C=O) groups excluding carboxylic acids is 2. The summed E-state index contributed by atoms with van der Waals surface area (Å²) in [5.41, 5.74) is 7.79. The number of ketones is 2. The Labute approximate surface area is 532 Å². The number of aliphatic hydroxyl groups is 1. The molecule has 0 aliphatic heterocycles. The van der Waals surface area contributed by atoms with Crippen molar-refractivity contribution in [1.29, 1.82) is 0 Å². The summed E-state index contributed by atoms with van der Waals surface area (Å²) in [5.74, 6) is 0.246. The van der Waals surface area contributed by atoms with Crippen molar-refractivity contribution in [3.63, 3.8) is 0 Å². The molecular weight excluding hydrogens is 1190 g/mol. The van der Waals surface area contributed by atoms with Crippen molar-refractivity contribution in [1.82, 2.24) is 43.6 Å². The first-order chi connectivity index (χ1) is 43.8. The lowest BCUT2D eigenvalue weighted by molar-refractivity contribution is -0.124. The number of halogens is 3. The third-order valence-electron chi connectivity index (χ3n) is 18.0. The van der Waals surface area contributed by atoms with Crippen LogP contribution < -0.4 is 16.7 Å². The molecule has 0 bridgehead atoms. The Morgan fingerprint density at radius 2 is 0.711 bits per heavy atom. The minimum atomic E-state index is -0.504. The Kier molecular flexibility index (Phi) is 17.6. The predicted octanol–water partition coefficient (Wildman–Crippen LogP) is 14.4. The normalized spacial score (nSPS) is 17.8. The number of Topliss-reactive ketones (excluding diaryl/α,β-unsaturated/α-hetero) is 2. The maximum Gasteiger partial charge on any atom is 0.261 e. The van der Waals surface area contributed by atoms with Gasteiger partial charge in [0, 0.05) is 47.6 Å². The molecule has 0 radical (unpaired) electrons. The molecule has 6 aromatic heterocycles. The van der Waals surface area contributed by atoms with Gasteiger partial charge in [-0.1, -0.05) is 151 Å². The van der Waals surface area contributed by atoms with Gasteiger partial charge in [0.05, 0.1) is 75.9 Å². The van der Waals surface area contributed by atoms with Gasteiger partial charge < -0.3 is 5.11 Å². The number of carbonyl (C=O) groups is 2. The van der Waals surface area contributed by atoms with E-state index in [9.17, 15) is 29.1 Å². The van der Waals surface area contributed by atoms with Gasteiger partial charge in [0.1, 0.15) is 15.5 Å². The Morgan fingerprint density at radius 3 is 1.06 bits per heavy atom. The number of pyridine rings is 3. The highest BCUT2D eigenvalue weighted by Gasteiger charge is 2.29. The minimum Gasteiger partial charge on any atom is -0.391 e. The van der Waals surface area contributed by atoms with Gasteiger partial charge in [-0.25, -0.2) is 29.9 Å². The monoisotopic (exact) mass is 1250 g/mol. The van der Waals surface area contributed by atoms with E-state index < -0.39 is 18.2 Å². The average Bonchev–Trinajstić information content (AvgIpc) is 0.817. The van der Waals surface area contributed by atoms with Gasteiger partial charge in [-0.3, -0.25) is 37.7 Å². The van der Waals surface area contributed by atoms with Gasteiger partial charge in [-0.15, -0.1) is 0 Å². The van der Waals surface area contributed by atoms with Crippen molar-refractivity contribution in [2.24, 2.45) is 0 Å². The van der Waals surface area contributed by atoms with Crippen molar-refractivity contribution < 1.29 is 14.7 Å². The standard InChI is InChI=1S/C24H22ClN3O2.2C24H20ClN3O2/c3*25-22-10-9-15(13-26-22)11-16-12-19-23(18-6-2-1-5-17(16)18)27-14-28(24(19)30)20-7-3-4-8-21(20)29/h1-2,5-6,9-10,12-14,20-21,29H,3-4,7-8,11H2;2*1-2,5-6,9-10,12-14,20H,3-4,7-8,11H2/t20-,21-;20-;/m00./s1. The van der Waals surface area contributed by atoms with E-state index in [0.29, 0.717) is 93.1 Å². The van der Waals surface area contributed by atoms with Crippen LogP contribution in [0.25, 0.3) is 65.0 Å². The first-order valence-corrected chi connectivity index (χ1v) is 31.8. The predicted molar refractivity (Wildman–Crippen MR) is 355 cm³/mol. The van der Waals surface area contributed by atoms with Gasteiger partial charge in [0.15, 0.2) is 11.6 Å². The van der Waals surface area contributed by atoms with Crippen LogP contribution >= 0.6 is 34.8 Å². The van der Waals surface area contributed by atoms with Crippen LogP contribution in [0.2, 0.25) is 15.5 Å². The molecular formula is C72H62Cl3N9O6. The maximum absolute atomic E-state index is 13.4. The number of nitrogens with zero attached hydrogens (tertiary/aromatic N) is 9. The summed E-state index contributed by atoms with van der Waals surface area (Å²) in [5, 5.41) is 19.5. The fourth-order valence-electron chi connectivity index (χ4n) is 13.4. The fraction of sp³-hybridized carbons (Fsp3) is 0.264. The summed E-state index contributed by atoms with van der Waals surface area (Å²) in [6, 6.07) is 39.9. The second-order valence-corrected chi connectivity index (χ2v) is 24.8. The number of fused-ring (bicyclic) bond motifs is 9. The highest BCUT2D eigenvalue weighted by atomic mass is 35.5. The first-order valence-electron chi connectivity index (χ1n) is 30.6. The van der Waals surface area contributed by atoms with Crippen molar-refractivity contribution >= 4 is 111 Å². The van der Waals surface area contributed by atoms with E-state index in [0.717, 1.165) is 117 Å². The second-order valence-electron chi connectivity index (χ2n) is 23.7. The lowest BCUT2D eigenvalue weighted by atomic mass is 9.92. The Hall–Kier alpha value is -8.86. The van der Waals surface area contributed by atoms with Crippen molar-refractivity contribution in [2.45, 2.75) is 121 Å². The molecule has 6 heterocycles. The molecule has 12 aromatic rings. The third kappa shape index (κ3) is 12.3. The van der Waals surface area contributed by atoms with Gasteiger partial charge in [0.2, 0.25) is 0 Å². The summed E-state index contributed by atoms with van der Waals surface area (Å²) in [6.07, 6.45) is 21.0. The molecule has 4 atom stereocenters. The smallest absolute Gasteiger partial charge is 0.261 e. The van der Waals surface area contributed by atoms with Crippen LogP contribution in [0.5, 0.6) is 0 Å². The molecule has 0 saturated heterocycles. The lowest BCUT2D eigenvalue weighted by Gasteiger charge is -2.29. The summed E-state index contributed by atoms with van der Waals surface area (Å²) >= 11 is 17.8. The Bertz CT molecular complexity index is 4710. The van der Waals surface area contributed by atoms with E-state index in [4.69, 9.17) is 34.8 Å². The molecule has 0 amide bonds. The zero-order valence-electron chi connectivity index (χ0n) is 49.2. The average molecular weight is 1260 g/mol. The largest absolute Gasteiger partial charge is 0.391 e. The highest BCUT2D eigenvalue weighted by Crippen LogP contribution is 2.34. The van der Waals surface area contributed by atoms with Gasteiger partial charge in [-0.05, 0) is 144 Å². The zero-order chi connectivity index (χ0) is 62.0. The summed E-state index contributed by atoms with van der Waals surface area (Å²) < 4.78 is 4.70. The number of aliphatic hydroxyl groups excluding tert-OH is 1. The van der Waals surface area contributed by atoms with E-state index in [1.807, 2.05) is 103 Å². The molecule has 1 N–H and O–H groups in total. The molecule has 18 heteroatoms. The molecule has 3 aliphatic rings. The molecule has 90 heavy (non-hydrogen) atoms. The molecule has 0 spiro atoms. The zero-order valence-corrected chi connectivity index (χ0v) is 51.4. The lowest BCUT2D eigenvalue weighted by Crippen LogP contribution is -2.34. The topological polar surface area (TPSA) is 198 Å². The van der Waals surface area contributed by atoms with Crippen LogP contribution in [0.15, 0.2) is 179 Å². The fourth-order valence-corrected chi connectivity index (χ4v) is 13.7. The first kappa shape index (κ1) is 60.1. The molecule has 452 valence electrons. The van der Waals surface area contributed by atoms with Gasteiger partial charge in [-0.2, -0.15) is 0 Å². The molecule has 3 fully saturated rings. The number of hydrogen-bond donors (Lipinski definition) is 1. The Balaban J connectivity index is 0.000000124. The molecule has 6 aromatic carbocycles. The molecule has 1 unspecified atom stereocenters. The number of aromatic nitrogens is 9. The van der Waals surface area contributed by atoms with Crippen LogP contribution in [-0.2, 0) is 28.9 Å². The second kappa shape index (κ2) is 26.3. The van der Waals surface area contributed by atoms with Crippen molar-refractivity contribution in [3.05, 3.63) is 245 Å². The van der Waals surface area contributed by atoms with E-state index in [1.54, 1.807) is 60.3 Å². The van der Waals surface area contributed by atoms with Crippen LogP contribution in [0.3, 0.4) is 0 Å². The molecule has 15 nitrogen and oxygen atoms in total. The summed E-state index contributed by atoms with van der Waals surface area (Å²) in [7, 11) is 0. The van der Waals surface area contributed by atoms with E-state index >= 15 is 0 Å². The Morgan fingerprint density at radius 1 is 0.378 bits per heavy atom. The maximum atomic E-state index is 13.4. The van der Waals surface area contributed by atoms with E-state index in [-0.39, 0.29) is 34.3 Å². The molecule has 3 saturated carbocycles. The SMILES string of the molecule is O=C1CCCCC1n1cnc2c(cc(Cc3ccc(Cl)nc3)c3ccccc32)c1=O.O=C1CCCC[C@@H]1n1cnc2c(cc(Cc3ccc(Cl)nc3)c3ccccc32)c1=O.O=c1c2cc(Cc3ccc(Cl)nc3)c3ccccc3c2ncn1[C@H]1CCCC[C@@H]1O. The highest BCUT2D eigenvalue weighted by molar-refractivity contribution is 6.30. The van der Waals surface area contributed by atoms with E-state index in [2.05, 4.69) is 36.0 Å². The van der Waals surface area contributed by atoms with Crippen molar-refractivity contribution in [2.75, 3.05) is 0 Å². The summed E-state index contributed by atoms with van der Waals surface area (Å²) in [6.45, 7) is 0. The van der Waals surface area contributed by atoms with Crippen LogP contribution in [-0.4, -0.2) is 66.4 Å². The third-order valence-corrected chi connectivity index (χ3v) is 18.6. The summed E-state index contributed by atoms with van der Waals surface area (Å²) in [4.78, 5) is 91.5. The van der Waals surface area contributed by atoms with Crippen LogP contribution in [0.4, 0.5) is 0 Å². The van der Waals surface area contributed by atoms with Gasteiger partial charge >= 0.3 is 0 Å².